The second kappa shape index (κ2) is 8.26. The Labute approximate surface area is 138 Å². The molecule has 2 aromatic rings. The third-order valence-corrected chi connectivity index (χ3v) is 3.42. The summed E-state index contributed by atoms with van der Waals surface area (Å²) >= 11 is 5.95. The molecule has 1 aromatic carbocycles. The molecule has 0 saturated carbocycles. The van der Waals surface area contributed by atoms with E-state index in [9.17, 15) is 14.7 Å². The number of aliphatic carboxylic acids is 1. The molecule has 6 nitrogen and oxygen atoms in total. The largest absolute Gasteiger partial charge is 0.480 e. The van der Waals surface area contributed by atoms with E-state index in [0.29, 0.717) is 16.4 Å². The van der Waals surface area contributed by atoms with Gasteiger partial charge in [0.25, 0.3) is 0 Å². The van der Waals surface area contributed by atoms with Crippen molar-refractivity contribution in [1.82, 2.24) is 10.3 Å². The number of nitrogens with zero attached hydrogens (tertiary/aromatic N) is 1. The molecule has 0 radical (unpaired) electrons. The number of rotatable bonds is 7. The number of para-hydroxylation sites is 1. The number of carboxylic acid groups (broad SMARTS) is 1. The van der Waals surface area contributed by atoms with E-state index in [1.54, 1.807) is 42.6 Å². The number of carbonyl (C=O) groups is 2. The molecule has 0 aliphatic heterocycles. The molecular formula is C16H16ClN3O3. The summed E-state index contributed by atoms with van der Waals surface area (Å²) in [4.78, 5) is 27.4. The van der Waals surface area contributed by atoms with Gasteiger partial charge in [-0.2, -0.15) is 0 Å². The van der Waals surface area contributed by atoms with E-state index in [4.69, 9.17) is 11.6 Å². The Kier molecular flexibility index (Phi) is 6.08. The number of carboxylic acids is 1. The number of amides is 1. The number of halogens is 1. The fourth-order valence-electron chi connectivity index (χ4n) is 1.93. The van der Waals surface area contributed by atoms with E-state index in [1.807, 2.05) is 6.07 Å². The smallest absolute Gasteiger partial charge is 0.321 e. The van der Waals surface area contributed by atoms with Crippen LogP contribution in [-0.2, 0) is 16.1 Å². The van der Waals surface area contributed by atoms with Crippen LogP contribution in [0.1, 0.15) is 12.1 Å². The highest BCUT2D eigenvalue weighted by Crippen LogP contribution is 2.20. The molecule has 0 spiro atoms. The number of anilines is 1. The Morgan fingerprint density at radius 1 is 1.17 bits per heavy atom. The van der Waals surface area contributed by atoms with Crippen LogP contribution in [0.25, 0.3) is 0 Å². The summed E-state index contributed by atoms with van der Waals surface area (Å²) in [7, 11) is 0. The van der Waals surface area contributed by atoms with Crippen molar-refractivity contribution in [3.8, 4) is 0 Å². The Morgan fingerprint density at radius 3 is 2.57 bits per heavy atom. The van der Waals surface area contributed by atoms with Gasteiger partial charge in [0.15, 0.2) is 0 Å². The topological polar surface area (TPSA) is 91.3 Å². The highest BCUT2D eigenvalue weighted by atomic mass is 35.5. The Balaban J connectivity index is 1.92. The number of hydrogen-bond donors (Lipinski definition) is 3. The normalized spacial score (nSPS) is 11.7. The minimum atomic E-state index is -1.10. The molecule has 0 bridgehead atoms. The van der Waals surface area contributed by atoms with Crippen LogP contribution in [0.15, 0.2) is 48.7 Å². The van der Waals surface area contributed by atoms with Crippen molar-refractivity contribution in [3.63, 3.8) is 0 Å². The molecule has 0 aliphatic carbocycles. The number of pyridine rings is 1. The molecular weight excluding hydrogens is 318 g/mol. The summed E-state index contributed by atoms with van der Waals surface area (Å²) in [5.74, 6) is -1.53. The van der Waals surface area contributed by atoms with Crippen molar-refractivity contribution in [3.05, 3.63) is 59.4 Å². The van der Waals surface area contributed by atoms with Gasteiger partial charge in [0.1, 0.15) is 6.04 Å². The van der Waals surface area contributed by atoms with Gasteiger partial charge in [-0.3, -0.25) is 19.9 Å². The minimum Gasteiger partial charge on any atom is -0.480 e. The van der Waals surface area contributed by atoms with Crippen LogP contribution in [0.3, 0.4) is 0 Å². The van der Waals surface area contributed by atoms with Crippen molar-refractivity contribution in [2.75, 3.05) is 5.32 Å². The van der Waals surface area contributed by atoms with Crippen molar-refractivity contribution >= 4 is 29.2 Å². The maximum absolute atomic E-state index is 12.0. The Hall–Kier alpha value is -2.44. The first kappa shape index (κ1) is 16.9. The van der Waals surface area contributed by atoms with Gasteiger partial charge in [-0.25, -0.2) is 0 Å². The minimum absolute atomic E-state index is 0.215. The van der Waals surface area contributed by atoms with E-state index in [2.05, 4.69) is 15.6 Å². The van der Waals surface area contributed by atoms with Crippen molar-refractivity contribution in [1.29, 1.82) is 0 Å². The second-order valence-corrected chi connectivity index (χ2v) is 5.23. The first-order valence-electron chi connectivity index (χ1n) is 6.96. The van der Waals surface area contributed by atoms with Crippen LogP contribution < -0.4 is 10.6 Å². The molecule has 3 N–H and O–H groups in total. The number of aromatic nitrogens is 1. The summed E-state index contributed by atoms with van der Waals surface area (Å²) in [6, 6.07) is 11.1. The van der Waals surface area contributed by atoms with Crippen molar-refractivity contribution in [2.45, 2.75) is 19.0 Å². The van der Waals surface area contributed by atoms with Crippen molar-refractivity contribution in [2.24, 2.45) is 0 Å². The predicted octanol–water partition coefficient (Wildman–Crippen LogP) is 2.31. The van der Waals surface area contributed by atoms with Crippen LogP contribution in [-0.4, -0.2) is 28.0 Å². The number of nitrogens with one attached hydrogen (secondary N) is 2. The van der Waals surface area contributed by atoms with Crippen LogP contribution in [0.4, 0.5) is 5.69 Å². The lowest BCUT2D eigenvalue weighted by atomic mass is 10.2. The zero-order chi connectivity index (χ0) is 16.7. The van der Waals surface area contributed by atoms with Gasteiger partial charge in [0, 0.05) is 12.7 Å². The predicted molar refractivity (Wildman–Crippen MR) is 87.2 cm³/mol. The first-order valence-corrected chi connectivity index (χ1v) is 7.34. The SMILES string of the molecule is O=C(C[C@H](NCc1ccccn1)C(=O)O)Nc1ccccc1Cl. The molecule has 120 valence electrons. The molecule has 1 amide bonds. The lowest BCUT2D eigenvalue weighted by Crippen LogP contribution is -2.39. The fraction of sp³-hybridized carbons (Fsp3) is 0.188. The molecule has 23 heavy (non-hydrogen) atoms. The van der Waals surface area contributed by atoms with Crippen LogP contribution in [0.2, 0.25) is 5.02 Å². The maximum Gasteiger partial charge on any atom is 0.321 e. The summed E-state index contributed by atoms with van der Waals surface area (Å²) in [6.07, 6.45) is 1.41. The quantitative estimate of drug-likeness (QED) is 0.723. The van der Waals surface area contributed by atoms with Gasteiger partial charge in [-0.1, -0.05) is 29.8 Å². The first-order chi connectivity index (χ1) is 11.1. The molecule has 0 fully saturated rings. The fourth-order valence-corrected chi connectivity index (χ4v) is 2.11. The van der Waals surface area contributed by atoms with E-state index < -0.39 is 17.9 Å². The number of hydrogen-bond acceptors (Lipinski definition) is 4. The highest BCUT2D eigenvalue weighted by molar-refractivity contribution is 6.33. The zero-order valence-corrected chi connectivity index (χ0v) is 13.0. The van der Waals surface area contributed by atoms with Gasteiger partial charge in [-0.15, -0.1) is 0 Å². The average molecular weight is 334 g/mol. The lowest BCUT2D eigenvalue weighted by Gasteiger charge is -2.14. The second-order valence-electron chi connectivity index (χ2n) is 4.82. The lowest BCUT2D eigenvalue weighted by molar-refractivity contribution is -0.141. The molecule has 0 saturated heterocycles. The standard InChI is InChI=1S/C16H16ClN3O3/c17-12-6-1-2-7-13(12)20-15(21)9-14(16(22)23)19-10-11-5-3-4-8-18-11/h1-8,14,19H,9-10H2,(H,20,21)(H,22,23)/t14-/m0/s1. The summed E-state index contributed by atoms with van der Waals surface area (Å²) < 4.78 is 0. The summed E-state index contributed by atoms with van der Waals surface area (Å²) in [5.41, 5.74) is 1.15. The van der Waals surface area contributed by atoms with E-state index >= 15 is 0 Å². The third kappa shape index (κ3) is 5.36. The Morgan fingerprint density at radius 2 is 1.91 bits per heavy atom. The van der Waals surface area contributed by atoms with Crippen LogP contribution in [0.5, 0.6) is 0 Å². The maximum atomic E-state index is 12.0. The van der Waals surface area contributed by atoms with E-state index in [0.717, 1.165) is 0 Å². The zero-order valence-electron chi connectivity index (χ0n) is 12.2. The monoisotopic (exact) mass is 333 g/mol. The van der Waals surface area contributed by atoms with Gasteiger partial charge < -0.3 is 10.4 Å². The van der Waals surface area contributed by atoms with Crippen LogP contribution in [0, 0.1) is 0 Å². The van der Waals surface area contributed by atoms with Gasteiger partial charge in [-0.05, 0) is 24.3 Å². The van der Waals surface area contributed by atoms with E-state index in [1.165, 1.54) is 0 Å². The summed E-state index contributed by atoms with van der Waals surface area (Å²) in [6.45, 7) is 0.261. The van der Waals surface area contributed by atoms with Gasteiger partial charge >= 0.3 is 5.97 Å². The van der Waals surface area contributed by atoms with Crippen molar-refractivity contribution < 1.29 is 14.7 Å². The van der Waals surface area contributed by atoms with E-state index in [-0.39, 0.29) is 13.0 Å². The molecule has 0 unspecified atom stereocenters. The Bertz CT molecular complexity index is 679. The molecule has 1 heterocycles. The summed E-state index contributed by atoms with van der Waals surface area (Å²) in [5, 5.41) is 15.0. The van der Waals surface area contributed by atoms with Gasteiger partial charge in [0.05, 0.1) is 22.8 Å². The molecule has 7 heteroatoms. The average Bonchev–Trinajstić information content (AvgIpc) is 2.54. The number of benzene rings is 1. The number of carbonyl (C=O) groups excluding carboxylic acids is 1. The molecule has 0 aliphatic rings. The third-order valence-electron chi connectivity index (χ3n) is 3.09. The molecule has 1 aromatic heterocycles. The molecule has 2 rings (SSSR count). The highest BCUT2D eigenvalue weighted by Gasteiger charge is 2.21. The van der Waals surface area contributed by atoms with Crippen LogP contribution >= 0.6 is 11.6 Å². The van der Waals surface area contributed by atoms with Gasteiger partial charge in [0.2, 0.25) is 5.91 Å². The molecule has 1 atom stereocenters.